The summed E-state index contributed by atoms with van der Waals surface area (Å²) in [4.78, 5) is 10.9. The molecule has 18 heavy (non-hydrogen) atoms. The molecule has 5 heteroatoms. The van der Waals surface area contributed by atoms with E-state index in [1.807, 2.05) is 43.1 Å². The lowest BCUT2D eigenvalue weighted by Crippen LogP contribution is -2.19. The van der Waals surface area contributed by atoms with Gasteiger partial charge in [0.05, 0.1) is 11.4 Å². The summed E-state index contributed by atoms with van der Waals surface area (Å²) in [5, 5.41) is 0. The molecular weight excluding hydrogens is 244 g/mol. The lowest BCUT2D eigenvalue weighted by Gasteiger charge is -2.22. The number of thiocarbonyl (C=S) groups is 1. The van der Waals surface area contributed by atoms with Crippen molar-refractivity contribution in [3.05, 3.63) is 47.9 Å². The molecular formula is C13H14N4S. The van der Waals surface area contributed by atoms with E-state index in [0.717, 1.165) is 22.8 Å². The molecule has 0 saturated carbocycles. The van der Waals surface area contributed by atoms with Gasteiger partial charge in [0, 0.05) is 25.0 Å². The van der Waals surface area contributed by atoms with E-state index in [1.165, 1.54) is 0 Å². The summed E-state index contributed by atoms with van der Waals surface area (Å²) in [7, 11) is 1.92. The molecule has 2 N–H and O–H groups in total. The third kappa shape index (κ3) is 2.31. The zero-order valence-corrected chi connectivity index (χ0v) is 11.1. The maximum atomic E-state index is 5.74. The molecule has 1 heterocycles. The van der Waals surface area contributed by atoms with Crippen LogP contribution in [0.3, 0.4) is 0 Å². The summed E-state index contributed by atoms with van der Waals surface area (Å²) >= 11 is 5.07. The second kappa shape index (κ2) is 5.10. The van der Waals surface area contributed by atoms with E-state index in [4.69, 9.17) is 18.0 Å². The van der Waals surface area contributed by atoms with Crippen molar-refractivity contribution in [3.8, 4) is 0 Å². The van der Waals surface area contributed by atoms with Gasteiger partial charge in [-0.15, -0.1) is 0 Å². The molecule has 2 rings (SSSR count). The van der Waals surface area contributed by atoms with E-state index >= 15 is 0 Å². The SMILES string of the molecule is Cc1nccnc1N(C)c1ccccc1C(N)=S. The summed E-state index contributed by atoms with van der Waals surface area (Å²) in [6.45, 7) is 1.92. The highest BCUT2D eigenvalue weighted by Gasteiger charge is 2.13. The zero-order chi connectivity index (χ0) is 13.1. The number of hydrogen-bond acceptors (Lipinski definition) is 4. The average Bonchev–Trinajstić information content (AvgIpc) is 2.38. The van der Waals surface area contributed by atoms with Gasteiger partial charge >= 0.3 is 0 Å². The van der Waals surface area contributed by atoms with Gasteiger partial charge in [0.1, 0.15) is 4.99 Å². The monoisotopic (exact) mass is 258 g/mol. The average molecular weight is 258 g/mol. The van der Waals surface area contributed by atoms with Crippen LogP contribution in [0.1, 0.15) is 11.3 Å². The summed E-state index contributed by atoms with van der Waals surface area (Å²) in [5.74, 6) is 0.793. The lowest BCUT2D eigenvalue weighted by atomic mass is 10.1. The van der Waals surface area contributed by atoms with Crippen LogP contribution in [0.5, 0.6) is 0 Å². The lowest BCUT2D eigenvalue weighted by molar-refractivity contribution is 1.04. The first-order valence-corrected chi connectivity index (χ1v) is 5.92. The number of nitrogens with zero attached hydrogens (tertiary/aromatic N) is 3. The largest absolute Gasteiger partial charge is 0.389 e. The summed E-state index contributed by atoms with van der Waals surface area (Å²) in [6, 6.07) is 7.72. The normalized spacial score (nSPS) is 10.1. The highest BCUT2D eigenvalue weighted by Crippen LogP contribution is 2.26. The van der Waals surface area contributed by atoms with Gasteiger partial charge in [-0.05, 0) is 19.1 Å². The van der Waals surface area contributed by atoms with E-state index in [2.05, 4.69) is 9.97 Å². The number of aryl methyl sites for hydroxylation is 1. The molecule has 0 saturated heterocycles. The summed E-state index contributed by atoms with van der Waals surface area (Å²) in [5.41, 5.74) is 8.35. The number of nitrogens with two attached hydrogens (primary N) is 1. The van der Waals surface area contributed by atoms with E-state index < -0.39 is 0 Å². The minimum Gasteiger partial charge on any atom is -0.389 e. The fraction of sp³-hybridized carbons (Fsp3) is 0.154. The van der Waals surface area contributed by atoms with Crippen LogP contribution in [0, 0.1) is 6.92 Å². The van der Waals surface area contributed by atoms with E-state index in [0.29, 0.717) is 4.99 Å². The van der Waals surface area contributed by atoms with Crippen LogP contribution in [-0.2, 0) is 0 Å². The minimum atomic E-state index is 0.374. The quantitative estimate of drug-likeness (QED) is 0.855. The standard InChI is InChI=1S/C13H14N4S/c1-9-13(16-8-7-15-9)17(2)11-6-4-3-5-10(11)12(14)18/h3-8H,1-2H3,(H2,14,18). The first-order valence-electron chi connectivity index (χ1n) is 5.51. The van der Waals surface area contributed by atoms with Crippen molar-refractivity contribution >= 4 is 28.7 Å². The van der Waals surface area contributed by atoms with Crippen LogP contribution in [0.25, 0.3) is 0 Å². The van der Waals surface area contributed by atoms with Gasteiger partial charge in [0.2, 0.25) is 0 Å². The van der Waals surface area contributed by atoms with Gasteiger partial charge in [0.15, 0.2) is 5.82 Å². The van der Waals surface area contributed by atoms with Gasteiger partial charge in [0.25, 0.3) is 0 Å². The van der Waals surface area contributed by atoms with Gasteiger partial charge in [-0.3, -0.25) is 4.98 Å². The minimum absolute atomic E-state index is 0.374. The van der Waals surface area contributed by atoms with Crippen molar-refractivity contribution in [1.29, 1.82) is 0 Å². The molecule has 4 nitrogen and oxygen atoms in total. The molecule has 1 aromatic carbocycles. The van der Waals surface area contributed by atoms with E-state index in [1.54, 1.807) is 12.4 Å². The van der Waals surface area contributed by atoms with Gasteiger partial charge in [-0.1, -0.05) is 24.4 Å². The molecule has 2 aromatic rings. The summed E-state index contributed by atoms with van der Waals surface area (Å²) < 4.78 is 0. The Labute approximate surface area is 111 Å². The first-order chi connectivity index (χ1) is 8.61. The third-order valence-corrected chi connectivity index (χ3v) is 2.92. The smallest absolute Gasteiger partial charge is 0.154 e. The fourth-order valence-electron chi connectivity index (χ4n) is 1.82. The van der Waals surface area contributed by atoms with Crippen molar-refractivity contribution < 1.29 is 0 Å². The topological polar surface area (TPSA) is 55.0 Å². The number of anilines is 2. The van der Waals surface area contributed by atoms with Crippen LogP contribution in [0.2, 0.25) is 0 Å². The van der Waals surface area contributed by atoms with Crippen molar-refractivity contribution in [1.82, 2.24) is 9.97 Å². The van der Waals surface area contributed by atoms with Crippen molar-refractivity contribution in [2.45, 2.75) is 6.92 Å². The second-order valence-corrected chi connectivity index (χ2v) is 4.35. The summed E-state index contributed by atoms with van der Waals surface area (Å²) in [6.07, 6.45) is 3.34. The Morgan fingerprint density at radius 2 is 1.89 bits per heavy atom. The van der Waals surface area contributed by atoms with Crippen LogP contribution < -0.4 is 10.6 Å². The Balaban J connectivity index is 2.50. The van der Waals surface area contributed by atoms with Crippen molar-refractivity contribution in [3.63, 3.8) is 0 Å². The van der Waals surface area contributed by atoms with Crippen molar-refractivity contribution in [2.24, 2.45) is 5.73 Å². The molecule has 0 aliphatic carbocycles. The number of aromatic nitrogens is 2. The first kappa shape index (κ1) is 12.4. The molecule has 0 radical (unpaired) electrons. The molecule has 0 aliphatic heterocycles. The maximum Gasteiger partial charge on any atom is 0.154 e. The van der Waals surface area contributed by atoms with Crippen LogP contribution in [-0.4, -0.2) is 22.0 Å². The highest BCUT2D eigenvalue weighted by molar-refractivity contribution is 7.80. The predicted molar refractivity (Wildman–Crippen MR) is 77.2 cm³/mol. The maximum absolute atomic E-state index is 5.74. The molecule has 92 valence electrons. The third-order valence-electron chi connectivity index (χ3n) is 2.70. The van der Waals surface area contributed by atoms with E-state index in [-0.39, 0.29) is 0 Å². The Morgan fingerprint density at radius 1 is 1.22 bits per heavy atom. The fourth-order valence-corrected chi connectivity index (χ4v) is 1.99. The predicted octanol–water partition coefficient (Wildman–Crippen LogP) is 2.19. The van der Waals surface area contributed by atoms with Crippen LogP contribution in [0.15, 0.2) is 36.7 Å². The van der Waals surface area contributed by atoms with E-state index in [9.17, 15) is 0 Å². The number of para-hydroxylation sites is 1. The molecule has 1 aromatic heterocycles. The Bertz CT molecular complexity index is 583. The van der Waals surface area contributed by atoms with Crippen LogP contribution >= 0.6 is 12.2 Å². The van der Waals surface area contributed by atoms with Gasteiger partial charge in [-0.2, -0.15) is 0 Å². The molecule has 0 amide bonds. The Morgan fingerprint density at radius 3 is 2.56 bits per heavy atom. The van der Waals surface area contributed by atoms with Crippen molar-refractivity contribution in [2.75, 3.05) is 11.9 Å². The molecule has 0 unspecified atom stereocenters. The number of benzene rings is 1. The Kier molecular flexibility index (Phi) is 3.53. The van der Waals surface area contributed by atoms with Gasteiger partial charge < -0.3 is 10.6 Å². The highest BCUT2D eigenvalue weighted by atomic mass is 32.1. The molecule has 0 bridgehead atoms. The van der Waals surface area contributed by atoms with Gasteiger partial charge in [-0.25, -0.2) is 4.98 Å². The molecule has 0 aliphatic rings. The molecule has 0 spiro atoms. The van der Waals surface area contributed by atoms with Crippen LogP contribution in [0.4, 0.5) is 11.5 Å². The Hall–Kier alpha value is -2.01. The number of hydrogen-bond donors (Lipinski definition) is 1. The number of rotatable bonds is 3. The molecule has 0 fully saturated rings. The second-order valence-electron chi connectivity index (χ2n) is 3.91. The molecule has 0 atom stereocenters. The zero-order valence-electron chi connectivity index (χ0n) is 10.3.